The Hall–Kier alpha value is -0.730. The topological polar surface area (TPSA) is 35.2 Å². The van der Waals surface area contributed by atoms with Crippen molar-refractivity contribution in [2.24, 2.45) is 5.73 Å². The van der Waals surface area contributed by atoms with Crippen LogP contribution >= 0.6 is 11.6 Å². The third-order valence-electron chi connectivity index (χ3n) is 3.62. The van der Waals surface area contributed by atoms with Crippen molar-refractivity contribution in [3.63, 3.8) is 0 Å². The molecule has 0 aromatic heterocycles. The van der Waals surface area contributed by atoms with Gasteiger partial charge in [-0.15, -0.1) is 0 Å². The molecule has 108 valence electrons. The van der Waals surface area contributed by atoms with Gasteiger partial charge in [-0.2, -0.15) is 0 Å². The zero-order valence-corrected chi connectivity index (χ0v) is 13.3. The normalized spacial score (nSPS) is 14.2. The molecule has 2 nitrogen and oxygen atoms in total. The van der Waals surface area contributed by atoms with Gasteiger partial charge in [-0.1, -0.05) is 38.4 Å². The Bertz CT molecular complexity index is 406. The van der Waals surface area contributed by atoms with Gasteiger partial charge in [0.05, 0.1) is 11.6 Å². The summed E-state index contributed by atoms with van der Waals surface area (Å²) in [5.74, 6) is 1.31. The van der Waals surface area contributed by atoms with Crippen molar-refractivity contribution in [2.45, 2.75) is 58.9 Å². The lowest BCUT2D eigenvalue weighted by Crippen LogP contribution is -2.22. The lowest BCUT2D eigenvalue weighted by molar-refractivity contribution is 0.335. The van der Waals surface area contributed by atoms with Crippen molar-refractivity contribution in [1.82, 2.24) is 0 Å². The Labute approximate surface area is 122 Å². The molecule has 1 aromatic carbocycles. The highest BCUT2D eigenvalue weighted by atomic mass is 35.5. The molecule has 0 aliphatic heterocycles. The minimum Gasteiger partial charge on any atom is -0.492 e. The van der Waals surface area contributed by atoms with Gasteiger partial charge < -0.3 is 10.5 Å². The van der Waals surface area contributed by atoms with E-state index >= 15 is 0 Å². The Balaban J connectivity index is 3.16. The van der Waals surface area contributed by atoms with Gasteiger partial charge in [-0.25, -0.2) is 0 Å². The highest BCUT2D eigenvalue weighted by Gasteiger charge is 2.15. The molecule has 0 heterocycles. The Kier molecular flexibility index (Phi) is 6.67. The third-order valence-corrected chi connectivity index (χ3v) is 3.90. The SMILES string of the molecule is CCOc1c(Cl)cc(C(C)CC)cc1CC(N)CC. The van der Waals surface area contributed by atoms with Crippen molar-refractivity contribution in [1.29, 1.82) is 0 Å². The van der Waals surface area contributed by atoms with E-state index in [1.54, 1.807) is 0 Å². The molecule has 0 aliphatic rings. The van der Waals surface area contributed by atoms with Crippen LogP contribution in [0.5, 0.6) is 5.75 Å². The van der Waals surface area contributed by atoms with E-state index in [0.717, 1.165) is 30.6 Å². The van der Waals surface area contributed by atoms with E-state index in [4.69, 9.17) is 22.1 Å². The predicted molar refractivity (Wildman–Crippen MR) is 83.3 cm³/mol. The summed E-state index contributed by atoms with van der Waals surface area (Å²) in [6.07, 6.45) is 2.87. The van der Waals surface area contributed by atoms with Gasteiger partial charge in [-0.05, 0) is 49.3 Å². The monoisotopic (exact) mass is 283 g/mol. The van der Waals surface area contributed by atoms with E-state index in [9.17, 15) is 0 Å². The van der Waals surface area contributed by atoms with E-state index in [1.165, 1.54) is 5.56 Å². The van der Waals surface area contributed by atoms with Crippen LogP contribution in [0, 0.1) is 0 Å². The molecule has 0 radical (unpaired) electrons. The summed E-state index contributed by atoms with van der Waals surface area (Å²) in [6, 6.07) is 4.39. The van der Waals surface area contributed by atoms with E-state index in [2.05, 4.69) is 26.8 Å². The Morgan fingerprint density at radius 3 is 2.42 bits per heavy atom. The largest absolute Gasteiger partial charge is 0.492 e. The second-order valence-corrected chi connectivity index (χ2v) is 5.51. The van der Waals surface area contributed by atoms with Crippen LogP contribution in [-0.2, 0) is 6.42 Å². The van der Waals surface area contributed by atoms with E-state index in [1.807, 2.05) is 13.0 Å². The standard InChI is InChI=1S/C16H26ClNO/c1-5-11(4)12-8-13(9-14(18)6-2)16(19-7-3)15(17)10-12/h8,10-11,14H,5-7,9,18H2,1-4H3. The van der Waals surface area contributed by atoms with Gasteiger partial charge in [0.2, 0.25) is 0 Å². The zero-order chi connectivity index (χ0) is 14.4. The number of halogens is 1. The number of benzene rings is 1. The maximum Gasteiger partial charge on any atom is 0.141 e. The molecule has 2 atom stereocenters. The molecule has 0 fully saturated rings. The summed E-state index contributed by atoms with van der Waals surface area (Å²) in [6.45, 7) is 9.10. The second kappa shape index (κ2) is 7.76. The number of ether oxygens (including phenoxy) is 1. The van der Waals surface area contributed by atoms with Crippen LogP contribution in [0.1, 0.15) is 57.6 Å². The number of rotatable bonds is 7. The summed E-state index contributed by atoms with van der Waals surface area (Å²) in [4.78, 5) is 0. The maximum atomic E-state index is 6.38. The van der Waals surface area contributed by atoms with Crippen molar-refractivity contribution in [2.75, 3.05) is 6.61 Å². The van der Waals surface area contributed by atoms with Crippen molar-refractivity contribution in [3.8, 4) is 5.75 Å². The fourth-order valence-electron chi connectivity index (χ4n) is 2.08. The van der Waals surface area contributed by atoms with Crippen LogP contribution in [-0.4, -0.2) is 12.6 Å². The van der Waals surface area contributed by atoms with Gasteiger partial charge in [0, 0.05) is 6.04 Å². The van der Waals surface area contributed by atoms with Gasteiger partial charge in [0.1, 0.15) is 5.75 Å². The number of hydrogen-bond donors (Lipinski definition) is 1. The van der Waals surface area contributed by atoms with Crippen LogP contribution in [0.2, 0.25) is 5.02 Å². The van der Waals surface area contributed by atoms with Gasteiger partial charge in [0.25, 0.3) is 0 Å². The van der Waals surface area contributed by atoms with E-state index < -0.39 is 0 Å². The third kappa shape index (κ3) is 4.39. The molecule has 0 aliphatic carbocycles. The molecule has 0 saturated carbocycles. The minimum atomic E-state index is 0.155. The van der Waals surface area contributed by atoms with Crippen LogP contribution in [0.4, 0.5) is 0 Å². The summed E-state index contributed by atoms with van der Waals surface area (Å²) in [7, 11) is 0. The molecule has 0 saturated heterocycles. The highest BCUT2D eigenvalue weighted by Crippen LogP contribution is 2.34. The fourth-order valence-corrected chi connectivity index (χ4v) is 2.38. The molecule has 0 bridgehead atoms. The predicted octanol–water partition coefficient (Wildman–Crippen LogP) is 4.53. The first-order valence-electron chi connectivity index (χ1n) is 7.24. The molecule has 0 spiro atoms. The molecule has 2 N–H and O–H groups in total. The molecular weight excluding hydrogens is 258 g/mol. The first-order valence-corrected chi connectivity index (χ1v) is 7.61. The summed E-state index contributed by atoms with van der Waals surface area (Å²) >= 11 is 6.38. The van der Waals surface area contributed by atoms with Crippen LogP contribution in [0.15, 0.2) is 12.1 Å². The van der Waals surface area contributed by atoms with Gasteiger partial charge >= 0.3 is 0 Å². The van der Waals surface area contributed by atoms with Gasteiger partial charge in [0.15, 0.2) is 0 Å². The van der Waals surface area contributed by atoms with Crippen LogP contribution < -0.4 is 10.5 Å². The summed E-state index contributed by atoms with van der Waals surface area (Å²) < 4.78 is 5.69. The fraction of sp³-hybridized carbons (Fsp3) is 0.625. The molecule has 2 unspecified atom stereocenters. The van der Waals surface area contributed by atoms with Gasteiger partial charge in [-0.3, -0.25) is 0 Å². The average Bonchev–Trinajstić information content (AvgIpc) is 2.41. The molecule has 3 heteroatoms. The smallest absolute Gasteiger partial charge is 0.141 e. The molecule has 0 amide bonds. The Morgan fingerprint density at radius 2 is 1.89 bits per heavy atom. The van der Waals surface area contributed by atoms with E-state index in [0.29, 0.717) is 17.5 Å². The van der Waals surface area contributed by atoms with Crippen molar-refractivity contribution >= 4 is 11.6 Å². The number of nitrogens with two attached hydrogens (primary N) is 1. The Morgan fingerprint density at radius 1 is 1.21 bits per heavy atom. The van der Waals surface area contributed by atoms with Crippen LogP contribution in [0.25, 0.3) is 0 Å². The maximum absolute atomic E-state index is 6.38. The van der Waals surface area contributed by atoms with Crippen LogP contribution in [0.3, 0.4) is 0 Å². The first-order chi connectivity index (χ1) is 9.03. The quantitative estimate of drug-likeness (QED) is 0.798. The van der Waals surface area contributed by atoms with Crippen molar-refractivity contribution in [3.05, 3.63) is 28.3 Å². The minimum absolute atomic E-state index is 0.155. The summed E-state index contributed by atoms with van der Waals surface area (Å²) in [5, 5.41) is 0.706. The molecule has 1 aromatic rings. The average molecular weight is 284 g/mol. The second-order valence-electron chi connectivity index (χ2n) is 5.11. The van der Waals surface area contributed by atoms with E-state index in [-0.39, 0.29) is 6.04 Å². The number of hydrogen-bond acceptors (Lipinski definition) is 2. The molecule has 1 rings (SSSR count). The highest BCUT2D eigenvalue weighted by molar-refractivity contribution is 6.32. The lowest BCUT2D eigenvalue weighted by atomic mass is 9.94. The molecule has 19 heavy (non-hydrogen) atoms. The first kappa shape index (κ1) is 16.3. The lowest BCUT2D eigenvalue weighted by Gasteiger charge is -2.19. The molecular formula is C16H26ClNO. The van der Waals surface area contributed by atoms with Crippen molar-refractivity contribution < 1.29 is 4.74 Å². The zero-order valence-electron chi connectivity index (χ0n) is 12.5. The summed E-state index contributed by atoms with van der Waals surface area (Å²) in [5.41, 5.74) is 8.49.